The van der Waals surface area contributed by atoms with Gasteiger partial charge in [-0.3, -0.25) is 4.79 Å². The summed E-state index contributed by atoms with van der Waals surface area (Å²) in [6.45, 7) is 4.77. The zero-order valence-electron chi connectivity index (χ0n) is 15.2. The molecule has 2 N–H and O–H groups in total. The predicted octanol–water partition coefficient (Wildman–Crippen LogP) is 1.79. The number of aryl methyl sites for hydroxylation is 1. The van der Waals surface area contributed by atoms with Crippen LogP contribution in [0.1, 0.15) is 34.9 Å². The van der Waals surface area contributed by atoms with Gasteiger partial charge in [0.05, 0.1) is 24.5 Å². The zero-order chi connectivity index (χ0) is 18.4. The highest BCUT2D eigenvalue weighted by molar-refractivity contribution is 6.03. The van der Waals surface area contributed by atoms with Gasteiger partial charge in [-0.05, 0) is 50.6 Å². The van der Waals surface area contributed by atoms with Crippen LogP contribution in [-0.2, 0) is 4.74 Å². The van der Waals surface area contributed by atoms with Crippen molar-refractivity contribution in [2.75, 3.05) is 38.7 Å². The number of nitrogens with one attached hydrogen (secondary N) is 2. The third kappa shape index (κ3) is 4.59. The van der Waals surface area contributed by atoms with Crippen LogP contribution in [0.2, 0.25) is 0 Å². The molecule has 2 aromatic rings. The molecule has 8 nitrogen and oxygen atoms in total. The number of nitrogens with zero attached hydrogens (tertiary/aromatic N) is 3. The van der Waals surface area contributed by atoms with Crippen molar-refractivity contribution in [2.45, 2.75) is 25.8 Å². The summed E-state index contributed by atoms with van der Waals surface area (Å²) in [7, 11) is 1.62. The minimum absolute atomic E-state index is 0.289. The summed E-state index contributed by atoms with van der Waals surface area (Å²) >= 11 is 0. The number of hydrogen-bond acceptors (Lipinski definition) is 6. The molecule has 140 valence electrons. The molecule has 1 amide bonds. The van der Waals surface area contributed by atoms with Gasteiger partial charge in [0, 0.05) is 7.11 Å². The van der Waals surface area contributed by atoms with Gasteiger partial charge in [-0.1, -0.05) is 11.3 Å². The first-order valence-electron chi connectivity index (χ1n) is 8.83. The van der Waals surface area contributed by atoms with Crippen LogP contribution in [0.3, 0.4) is 0 Å². The average Bonchev–Trinajstić information content (AvgIpc) is 3.15. The largest absolute Gasteiger partial charge is 0.489 e. The second-order valence-corrected chi connectivity index (χ2v) is 6.36. The van der Waals surface area contributed by atoms with Gasteiger partial charge >= 0.3 is 0 Å². The third-order valence-corrected chi connectivity index (χ3v) is 4.36. The monoisotopic (exact) mass is 359 g/mol. The maximum absolute atomic E-state index is 12.6. The summed E-state index contributed by atoms with van der Waals surface area (Å²) in [5, 5.41) is 14.3. The topological polar surface area (TPSA) is 90.3 Å². The van der Waals surface area contributed by atoms with Crippen molar-refractivity contribution in [3.8, 4) is 5.75 Å². The van der Waals surface area contributed by atoms with Gasteiger partial charge < -0.3 is 20.1 Å². The van der Waals surface area contributed by atoms with Crippen molar-refractivity contribution >= 4 is 11.6 Å². The minimum atomic E-state index is -0.300. The Labute approximate surface area is 152 Å². The number of carbonyl (C=O) groups is 1. The molecule has 0 saturated carbocycles. The molecule has 0 aliphatic carbocycles. The number of piperidine rings is 1. The quantitative estimate of drug-likeness (QED) is 0.733. The highest BCUT2D eigenvalue weighted by atomic mass is 16.5. The molecule has 0 bridgehead atoms. The van der Waals surface area contributed by atoms with Gasteiger partial charge in [-0.2, -0.15) is 0 Å². The second kappa shape index (κ2) is 8.77. The molecular formula is C18H25N5O3. The molecule has 1 aromatic heterocycles. The number of amides is 1. The van der Waals surface area contributed by atoms with Gasteiger partial charge in [-0.15, -0.1) is 5.10 Å². The fourth-order valence-electron chi connectivity index (χ4n) is 2.90. The Morgan fingerprint density at radius 3 is 2.92 bits per heavy atom. The van der Waals surface area contributed by atoms with Crippen molar-refractivity contribution in [1.29, 1.82) is 0 Å². The molecule has 0 radical (unpaired) electrons. The Morgan fingerprint density at radius 1 is 1.35 bits per heavy atom. The summed E-state index contributed by atoms with van der Waals surface area (Å²) in [5.41, 5.74) is 1.95. The smallest absolute Gasteiger partial charge is 0.277 e. The van der Waals surface area contributed by atoms with Crippen molar-refractivity contribution < 1.29 is 14.3 Å². The molecule has 8 heteroatoms. The SMILES string of the molecule is COCCOc1cc(C)ccc1NC(=O)c1cn(C2CCNCC2)nn1. The number of rotatable bonds is 7. The number of benzene rings is 1. The Hall–Kier alpha value is -2.45. The van der Waals surface area contributed by atoms with Crippen LogP contribution in [0.25, 0.3) is 0 Å². The van der Waals surface area contributed by atoms with Crippen LogP contribution in [0.15, 0.2) is 24.4 Å². The van der Waals surface area contributed by atoms with Crippen LogP contribution in [0, 0.1) is 6.92 Å². The molecule has 0 unspecified atom stereocenters. The normalized spacial score (nSPS) is 15.0. The van der Waals surface area contributed by atoms with E-state index in [0.717, 1.165) is 31.5 Å². The molecule has 1 aliphatic heterocycles. The summed E-state index contributed by atoms with van der Waals surface area (Å²) in [4.78, 5) is 12.6. The van der Waals surface area contributed by atoms with Crippen LogP contribution < -0.4 is 15.4 Å². The van der Waals surface area contributed by atoms with E-state index in [1.54, 1.807) is 18.0 Å². The lowest BCUT2D eigenvalue weighted by atomic mass is 10.1. The summed E-state index contributed by atoms with van der Waals surface area (Å²) in [6.07, 6.45) is 3.69. The molecule has 1 aliphatic rings. The molecule has 1 fully saturated rings. The van der Waals surface area contributed by atoms with Gasteiger partial charge in [0.25, 0.3) is 5.91 Å². The number of anilines is 1. The van der Waals surface area contributed by atoms with E-state index in [2.05, 4.69) is 20.9 Å². The maximum Gasteiger partial charge on any atom is 0.277 e. The zero-order valence-corrected chi connectivity index (χ0v) is 15.2. The Bertz CT molecular complexity index is 740. The van der Waals surface area contributed by atoms with E-state index in [4.69, 9.17) is 9.47 Å². The van der Waals surface area contributed by atoms with E-state index in [0.29, 0.717) is 30.3 Å². The molecular weight excluding hydrogens is 334 g/mol. The Balaban J connectivity index is 1.68. The van der Waals surface area contributed by atoms with Crippen LogP contribution in [0.5, 0.6) is 5.75 Å². The van der Waals surface area contributed by atoms with Gasteiger partial charge in [-0.25, -0.2) is 4.68 Å². The third-order valence-electron chi connectivity index (χ3n) is 4.36. The van der Waals surface area contributed by atoms with Gasteiger partial charge in [0.2, 0.25) is 0 Å². The predicted molar refractivity (Wildman–Crippen MR) is 97.7 cm³/mol. The second-order valence-electron chi connectivity index (χ2n) is 6.36. The van der Waals surface area contributed by atoms with Crippen molar-refractivity contribution in [1.82, 2.24) is 20.3 Å². The summed E-state index contributed by atoms with van der Waals surface area (Å²) < 4.78 is 12.5. The van der Waals surface area contributed by atoms with E-state index in [-0.39, 0.29) is 11.9 Å². The number of aromatic nitrogens is 3. The van der Waals surface area contributed by atoms with E-state index in [9.17, 15) is 4.79 Å². The molecule has 26 heavy (non-hydrogen) atoms. The summed E-state index contributed by atoms with van der Waals surface area (Å²) in [6, 6.07) is 5.92. The maximum atomic E-state index is 12.6. The minimum Gasteiger partial charge on any atom is -0.489 e. The lowest BCUT2D eigenvalue weighted by Crippen LogP contribution is -2.29. The average molecular weight is 359 g/mol. The molecule has 1 saturated heterocycles. The first kappa shape index (κ1) is 18.3. The van der Waals surface area contributed by atoms with Crippen LogP contribution >= 0.6 is 0 Å². The lowest BCUT2D eigenvalue weighted by molar-refractivity contribution is 0.102. The number of methoxy groups -OCH3 is 1. The van der Waals surface area contributed by atoms with E-state index in [1.807, 2.05) is 25.1 Å². The van der Waals surface area contributed by atoms with E-state index >= 15 is 0 Å². The molecule has 3 rings (SSSR count). The highest BCUT2D eigenvalue weighted by Gasteiger charge is 2.19. The first-order chi connectivity index (χ1) is 12.7. The van der Waals surface area contributed by atoms with Crippen LogP contribution in [-0.4, -0.2) is 54.3 Å². The molecule has 0 spiro atoms. The van der Waals surface area contributed by atoms with Crippen LogP contribution in [0.4, 0.5) is 5.69 Å². The molecule has 0 atom stereocenters. The Kier molecular flexibility index (Phi) is 6.19. The molecule has 2 heterocycles. The highest BCUT2D eigenvalue weighted by Crippen LogP contribution is 2.26. The van der Waals surface area contributed by atoms with Gasteiger partial charge in [0.1, 0.15) is 12.4 Å². The number of ether oxygens (including phenoxy) is 2. The fourth-order valence-corrected chi connectivity index (χ4v) is 2.90. The number of carbonyl (C=O) groups excluding carboxylic acids is 1. The Morgan fingerprint density at radius 2 is 2.15 bits per heavy atom. The van der Waals surface area contributed by atoms with Crippen molar-refractivity contribution in [3.63, 3.8) is 0 Å². The molecule has 1 aromatic carbocycles. The van der Waals surface area contributed by atoms with E-state index in [1.165, 1.54) is 0 Å². The lowest BCUT2D eigenvalue weighted by Gasteiger charge is -2.22. The standard InChI is InChI=1S/C18H25N5O3/c1-13-3-4-15(17(11-13)26-10-9-25-2)20-18(24)16-12-23(22-21-16)14-5-7-19-8-6-14/h3-4,11-12,14,19H,5-10H2,1-2H3,(H,20,24). The van der Waals surface area contributed by atoms with E-state index < -0.39 is 0 Å². The summed E-state index contributed by atoms with van der Waals surface area (Å²) in [5.74, 6) is 0.312. The first-order valence-corrected chi connectivity index (χ1v) is 8.83. The number of hydrogen-bond donors (Lipinski definition) is 2. The fraction of sp³-hybridized carbons (Fsp3) is 0.500. The van der Waals surface area contributed by atoms with Gasteiger partial charge in [0.15, 0.2) is 5.69 Å². The van der Waals surface area contributed by atoms with Crippen molar-refractivity contribution in [2.24, 2.45) is 0 Å². The van der Waals surface area contributed by atoms with Crippen molar-refractivity contribution in [3.05, 3.63) is 35.7 Å².